The van der Waals surface area contributed by atoms with Gasteiger partial charge < -0.3 is 25.6 Å². The van der Waals surface area contributed by atoms with Crippen LogP contribution in [0.2, 0.25) is 0 Å². The number of esters is 1. The van der Waals surface area contributed by atoms with Gasteiger partial charge in [-0.2, -0.15) is 13.2 Å². The van der Waals surface area contributed by atoms with Crippen molar-refractivity contribution in [3.05, 3.63) is 0 Å². The van der Waals surface area contributed by atoms with E-state index in [4.69, 9.17) is 4.74 Å². The van der Waals surface area contributed by atoms with Gasteiger partial charge in [0.25, 0.3) is 0 Å². The molecule has 2 saturated heterocycles. The average molecular weight is 519 g/mol. The molecule has 3 fully saturated rings. The van der Waals surface area contributed by atoms with Crippen molar-refractivity contribution in [1.82, 2.24) is 20.9 Å². The number of carbonyl (C=O) groups excluding carboxylic acids is 5. The van der Waals surface area contributed by atoms with E-state index in [0.717, 1.165) is 7.11 Å². The number of methoxy groups -OCH3 is 1. The maximum Gasteiger partial charge on any atom is 0.471 e. The number of nitrogens with one attached hydrogen (secondary N) is 3. The van der Waals surface area contributed by atoms with Crippen molar-refractivity contribution in [3.63, 3.8) is 0 Å². The first-order valence-electron chi connectivity index (χ1n) is 11.9. The van der Waals surface area contributed by atoms with E-state index in [0.29, 0.717) is 13.0 Å². The van der Waals surface area contributed by atoms with E-state index in [1.54, 1.807) is 5.32 Å². The maximum atomic E-state index is 13.5. The van der Waals surface area contributed by atoms with Gasteiger partial charge in [0.05, 0.1) is 7.11 Å². The smallest absolute Gasteiger partial charge is 0.467 e. The Balaban J connectivity index is 1.82. The summed E-state index contributed by atoms with van der Waals surface area (Å²) in [6, 6.07) is -3.68. The number of hydrogen-bond acceptors (Lipinski definition) is 6. The molecule has 6 atom stereocenters. The normalized spacial score (nSPS) is 28.1. The Morgan fingerprint density at radius 2 is 1.83 bits per heavy atom. The summed E-state index contributed by atoms with van der Waals surface area (Å²) < 4.78 is 43.4. The summed E-state index contributed by atoms with van der Waals surface area (Å²) in [4.78, 5) is 64.0. The molecule has 13 heteroatoms. The molecular formula is C23H33F3N4O6. The van der Waals surface area contributed by atoms with E-state index >= 15 is 0 Å². The summed E-state index contributed by atoms with van der Waals surface area (Å²) in [6.45, 7) is 7.43. The molecule has 202 valence electrons. The third kappa shape index (κ3) is 5.29. The van der Waals surface area contributed by atoms with Crippen molar-refractivity contribution in [2.24, 2.45) is 29.1 Å². The summed E-state index contributed by atoms with van der Waals surface area (Å²) >= 11 is 0. The van der Waals surface area contributed by atoms with E-state index in [1.165, 1.54) is 18.7 Å². The Bertz CT molecular complexity index is 937. The lowest BCUT2D eigenvalue weighted by Crippen LogP contribution is -2.59. The topological polar surface area (TPSA) is 134 Å². The number of carbonyl (C=O) groups is 5. The quantitative estimate of drug-likeness (QED) is 0.397. The molecule has 2 heterocycles. The Labute approximate surface area is 207 Å². The number of halogens is 3. The highest BCUT2D eigenvalue weighted by Crippen LogP contribution is 2.65. The Kier molecular flexibility index (Phi) is 7.62. The van der Waals surface area contributed by atoms with Crippen LogP contribution in [0.4, 0.5) is 13.2 Å². The second kappa shape index (κ2) is 9.89. The Morgan fingerprint density at radius 1 is 1.19 bits per heavy atom. The van der Waals surface area contributed by atoms with Gasteiger partial charge in [0.1, 0.15) is 18.1 Å². The van der Waals surface area contributed by atoms with Gasteiger partial charge in [-0.05, 0) is 36.0 Å². The van der Waals surface area contributed by atoms with Crippen LogP contribution < -0.4 is 16.0 Å². The summed E-state index contributed by atoms with van der Waals surface area (Å²) in [7, 11) is 1.15. The average Bonchev–Trinajstić information content (AvgIpc) is 3.14. The predicted molar refractivity (Wildman–Crippen MR) is 119 cm³/mol. The number of likely N-dealkylation sites (tertiary alicyclic amines) is 1. The van der Waals surface area contributed by atoms with Crippen LogP contribution >= 0.6 is 0 Å². The molecule has 1 saturated carbocycles. The largest absolute Gasteiger partial charge is 0.471 e. The number of nitrogens with zero attached hydrogens (tertiary/aromatic N) is 1. The summed E-state index contributed by atoms with van der Waals surface area (Å²) in [6.07, 6.45) is -4.67. The third-order valence-electron chi connectivity index (χ3n) is 7.72. The van der Waals surface area contributed by atoms with Crippen LogP contribution in [0.5, 0.6) is 0 Å². The molecule has 0 aromatic heterocycles. The number of alkyl halides is 3. The highest BCUT2D eigenvalue weighted by molar-refractivity contribution is 5.95. The molecule has 0 aromatic rings. The molecule has 3 rings (SSSR count). The zero-order chi connectivity index (χ0) is 27.2. The summed E-state index contributed by atoms with van der Waals surface area (Å²) in [5.74, 6) is -6.19. The van der Waals surface area contributed by atoms with E-state index in [1.807, 2.05) is 13.8 Å². The maximum absolute atomic E-state index is 13.5. The van der Waals surface area contributed by atoms with Gasteiger partial charge in [-0.3, -0.25) is 19.2 Å². The minimum Gasteiger partial charge on any atom is -0.467 e. The molecule has 0 aromatic carbocycles. The summed E-state index contributed by atoms with van der Waals surface area (Å²) in [5.41, 5.74) is -0.298. The fourth-order valence-corrected chi connectivity index (χ4v) is 5.50. The monoisotopic (exact) mass is 518 g/mol. The molecule has 10 nitrogen and oxygen atoms in total. The zero-order valence-corrected chi connectivity index (χ0v) is 20.9. The van der Waals surface area contributed by atoms with Crippen molar-refractivity contribution in [2.45, 2.75) is 64.8 Å². The lowest BCUT2D eigenvalue weighted by Gasteiger charge is -2.35. The number of rotatable bonds is 8. The van der Waals surface area contributed by atoms with Crippen LogP contribution in [-0.2, 0) is 28.7 Å². The van der Waals surface area contributed by atoms with Gasteiger partial charge in [-0.1, -0.05) is 27.7 Å². The van der Waals surface area contributed by atoms with Crippen LogP contribution in [0.25, 0.3) is 0 Å². The Morgan fingerprint density at radius 3 is 2.33 bits per heavy atom. The van der Waals surface area contributed by atoms with Crippen molar-refractivity contribution in [1.29, 1.82) is 0 Å². The SMILES string of the molecule is COC(=O)[C@H](C[C@@H]1CCNC1=O)NC(=O)C1[C@@H]2[C@H](CN1C(=O)[C@@H](NC(=O)C(F)(F)F)C(C)C)C2(C)C. The van der Waals surface area contributed by atoms with Crippen LogP contribution in [0.3, 0.4) is 0 Å². The Hall–Kier alpha value is -2.86. The highest BCUT2D eigenvalue weighted by atomic mass is 19.4. The predicted octanol–water partition coefficient (Wildman–Crippen LogP) is 0.357. The van der Waals surface area contributed by atoms with Gasteiger partial charge in [0, 0.05) is 19.0 Å². The second-order valence-corrected chi connectivity index (χ2v) is 10.7. The number of piperidine rings is 1. The van der Waals surface area contributed by atoms with Crippen LogP contribution in [0.1, 0.15) is 40.5 Å². The first-order valence-corrected chi connectivity index (χ1v) is 11.9. The van der Waals surface area contributed by atoms with Gasteiger partial charge in [-0.15, -0.1) is 0 Å². The number of amides is 4. The van der Waals surface area contributed by atoms with E-state index in [-0.39, 0.29) is 36.1 Å². The van der Waals surface area contributed by atoms with Crippen LogP contribution in [0.15, 0.2) is 0 Å². The van der Waals surface area contributed by atoms with Crippen molar-refractivity contribution in [2.75, 3.05) is 20.2 Å². The van der Waals surface area contributed by atoms with Crippen molar-refractivity contribution < 1.29 is 41.9 Å². The first-order chi connectivity index (χ1) is 16.6. The van der Waals surface area contributed by atoms with Gasteiger partial charge >= 0.3 is 18.1 Å². The molecule has 36 heavy (non-hydrogen) atoms. The molecule has 4 amide bonds. The van der Waals surface area contributed by atoms with Gasteiger partial charge in [0.15, 0.2) is 0 Å². The molecule has 1 aliphatic carbocycles. The van der Waals surface area contributed by atoms with Crippen molar-refractivity contribution >= 4 is 29.6 Å². The number of ether oxygens (including phenoxy) is 1. The van der Waals surface area contributed by atoms with E-state index in [9.17, 15) is 37.1 Å². The standard InChI is InChI=1S/C23H33F3N4O6/c1-10(2)15(29-21(35)23(24,25)26)19(33)30-9-12-14(22(12,3)4)16(30)18(32)28-13(20(34)36-5)8-11-6-7-27-17(11)31/h10-16H,6-9H2,1-5H3,(H,27,31)(H,28,32)(H,29,35)/t11-,12-,13-,14-,15-,16?/m0/s1. The van der Waals surface area contributed by atoms with Gasteiger partial charge in [-0.25, -0.2) is 4.79 Å². The molecule has 2 aliphatic heterocycles. The van der Waals surface area contributed by atoms with Crippen LogP contribution in [0, 0.1) is 29.1 Å². The minimum atomic E-state index is -5.17. The number of hydrogen-bond donors (Lipinski definition) is 3. The fraction of sp³-hybridized carbons (Fsp3) is 0.783. The summed E-state index contributed by atoms with van der Waals surface area (Å²) in [5, 5.41) is 7.04. The lowest BCUT2D eigenvalue weighted by molar-refractivity contribution is -0.175. The second-order valence-electron chi connectivity index (χ2n) is 10.7. The fourth-order valence-electron chi connectivity index (χ4n) is 5.50. The molecule has 3 N–H and O–H groups in total. The zero-order valence-electron chi connectivity index (χ0n) is 20.9. The first kappa shape index (κ1) is 27.7. The number of fused-ring (bicyclic) bond motifs is 1. The third-order valence-corrected chi connectivity index (χ3v) is 7.72. The molecule has 0 spiro atoms. The van der Waals surface area contributed by atoms with Crippen molar-refractivity contribution in [3.8, 4) is 0 Å². The molecule has 1 unspecified atom stereocenters. The van der Waals surface area contributed by atoms with Gasteiger partial charge in [0.2, 0.25) is 17.7 Å². The highest BCUT2D eigenvalue weighted by Gasteiger charge is 2.69. The minimum absolute atomic E-state index is 0.0126. The molecule has 0 bridgehead atoms. The molecular weight excluding hydrogens is 485 g/mol. The molecule has 0 radical (unpaired) electrons. The van der Waals surface area contributed by atoms with Crippen LogP contribution in [-0.4, -0.2) is 79.0 Å². The van der Waals surface area contributed by atoms with E-state index in [2.05, 4.69) is 10.6 Å². The van der Waals surface area contributed by atoms with E-state index < -0.39 is 59.8 Å². The molecule has 3 aliphatic rings. The lowest BCUT2D eigenvalue weighted by atomic mass is 9.95.